The number of amides is 4. The third-order valence-corrected chi connectivity index (χ3v) is 13.1. The number of aliphatic hydroxyl groups is 2. The highest BCUT2D eigenvalue weighted by molar-refractivity contribution is 5.92. The topological polar surface area (TPSA) is 219 Å². The summed E-state index contributed by atoms with van der Waals surface area (Å²) in [5, 5.41) is 32.0. The summed E-state index contributed by atoms with van der Waals surface area (Å²) in [6.07, 6.45) is -5.68. The van der Waals surface area contributed by atoms with Crippen molar-refractivity contribution in [3.8, 4) is 0 Å². The maximum absolute atomic E-state index is 14.3. The number of aliphatic hydroxyl groups excluding tert-OH is 1. The van der Waals surface area contributed by atoms with E-state index >= 15 is 0 Å². The van der Waals surface area contributed by atoms with Crippen molar-refractivity contribution in [1.29, 1.82) is 0 Å². The number of carbonyl (C=O) groups excluding carboxylic acids is 4. The number of aliphatic imine (C=N–C) groups is 1. The zero-order chi connectivity index (χ0) is 47.3. The molecule has 4 saturated heterocycles. The molecular weight excluding hydrogens is 829 g/mol. The Balaban J connectivity index is 1.54. The van der Waals surface area contributed by atoms with E-state index in [9.17, 15) is 29.4 Å². The second-order valence-corrected chi connectivity index (χ2v) is 19.2. The number of likely N-dealkylation sites (N-methyl/N-ethyl adjacent to an activating group) is 2. The number of nitrogens with zero attached hydrogens (tertiary/aromatic N) is 3. The average molecular weight is 903 g/mol. The molecule has 1 aromatic carbocycles. The molecule has 4 aliphatic rings. The molecule has 0 saturated carbocycles. The van der Waals surface area contributed by atoms with Crippen LogP contribution in [-0.4, -0.2) is 169 Å². The molecule has 5 N–H and O–H groups in total. The Hall–Kier alpha value is -3.91. The Kier molecular flexibility index (Phi) is 17.2. The van der Waals surface area contributed by atoms with Gasteiger partial charge in [0.05, 0.1) is 60.7 Å². The Morgan fingerprint density at radius 1 is 0.938 bits per heavy atom. The fourth-order valence-corrected chi connectivity index (χ4v) is 9.61. The van der Waals surface area contributed by atoms with E-state index in [-0.39, 0.29) is 62.4 Å². The minimum absolute atomic E-state index is 0.0388. The Morgan fingerprint density at radius 3 is 2.27 bits per heavy atom. The van der Waals surface area contributed by atoms with E-state index in [1.807, 2.05) is 76.9 Å². The van der Waals surface area contributed by atoms with Gasteiger partial charge >= 0.3 is 0 Å². The molecule has 0 bridgehead atoms. The molecule has 5 rings (SSSR count). The molecule has 18 heteroatoms. The fourth-order valence-electron chi connectivity index (χ4n) is 9.61. The zero-order valence-corrected chi connectivity index (χ0v) is 39.7. The third-order valence-electron chi connectivity index (χ3n) is 13.1. The van der Waals surface area contributed by atoms with Crippen LogP contribution >= 0.6 is 0 Å². The number of carbonyl (C=O) groups is 4. The van der Waals surface area contributed by atoms with Crippen molar-refractivity contribution < 1.29 is 57.8 Å². The fraction of sp³-hybridized carbons (Fsp3) is 0.761. The normalized spacial score (nSPS) is 39.5. The second kappa shape index (κ2) is 21.6. The molecule has 4 amide bonds. The van der Waals surface area contributed by atoms with Crippen LogP contribution in [0.15, 0.2) is 35.3 Å². The van der Waals surface area contributed by atoms with Gasteiger partial charge in [-0.3, -0.25) is 19.2 Å². The summed E-state index contributed by atoms with van der Waals surface area (Å²) >= 11 is 0. The van der Waals surface area contributed by atoms with E-state index in [2.05, 4.69) is 16.0 Å². The number of benzene rings is 1. The van der Waals surface area contributed by atoms with Crippen LogP contribution in [0, 0.1) is 17.8 Å². The molecule has 4 heterocycles. The minimum atomic E-state index is -1.65. The van der Waals surface area contributed by atoms with E-state index in [4.69, 9.17) is 33.4 Å². The minimum Gasteiger partial charge on any atom is -0.454 e. The van der Waals surface area contributed by atoms with Crippen LogP contribution in [0.2, 0.25) is 0 Å². The van der Waals surface area contributed by atoms with Crippen LogP contribution in [0.4, 0.5) is 0 Å². The lowest BCUT2D eigenvalue weighted by molar-refractivity contribution is -0.313. The SMILES string of the molecule is CO[C@]1(C)C[C@H](O[C@@H]2[C@H](C)[C@@H](O[C@@H]3O[C@H](C)C[C@H]4[C@H]3O/C(=N/C(C)C)N4C)[C@](C)(O)C[C@@H](C)CN(C)C(=O)CNC(=O)[C@@H](Cc3ccccc3)NC(=O)CNC(=O)[C@@H]2C)O[C@@H](C)[C@@H]1O. The van der Waals surface area contributed by atoms with Crippen LogP contribution in [0.3, 0.4) is 0 Å². The van der Waals surface area contributed by atoms with Crippen LogP contribution in [-0.2, 0) is 54.0 Å². The predicted octanol–water partition coefficient (Wildman–Crippen LogP) is 1.74. The van der Waals surface area contributed by atoms with Gasteiger partial charge in [-0.15, -0.1) is 0 Å². The lowest BCUT2D eigenvalue weighted by Crippen LogP contribution is -2.60. The number of methoxy groups -OCH3 is 1. The molecule has 4 aliphatic heterocycles. The number of hydrogen-bond acceptors (Lipinski definition) is 13. The number of ether oxygens (including phenoxy) is 6. The molecule has 0 aliphatic carbocycles. The molecule has 0 spiro atoms. The van der Waals surface area contributed by atoms with Gasteiger partial charge in [0, 0.05) is 52.6 Å². The van der Waals surface area contributed by atoms with Gasteiger partial charge in [-0.25, -0.2) is 4.99 Å². The molecule has 0 unspecified atom stereocenters. The average Bonchev–Trinajstić information content (AvgIpc) is 3.53. The highest BCUT2D eigenvalue weighted by atomic mass is 16.7. The highest BCUT2D eigenvalue weighted by Gasteiger charge is 2.54. The van der Waals surface area contributed by atoms with Gasteiger partial charge in [-0.2, -0.15) is 0 Å². The Morgan fingerprint density at radius 2 is 1.61 bits per heavy atom. The van der Waals surface area contributed by atoms with Gasteiger partial charge in [0.25, 0.3) is 6.02 Å². The summed E-state index contributed by atoms with van der Waals surface area (Å²) in [5.41, 5.74) is -1.93. The van der Waals surface area contributed by atoms with E-state index < -0.39 is 96.4 Å². The molecule has 15 atom stereocenters. The zero-order valence-electron chi connectivity index (χ0n) is 39.7. The summed E-state index contributed by atoms with van der Waals surface area (Å²) in [4.78, 5) is 63.1. The van der Waals surface area contributed by atoms with E-state index in [0.717, 1.165) is 5.56 Å². The molecule has 64 heavy (non-hydrogen) atoms. The molecule has 0 radical (unpaired) electrons. The van der Waals surface area contributed by atoms with Gasteiger partial charge in [-0.05, 0) is 65.9 Å². The summed E-state index contributed by atoms with van der Waals surface area (Å²) in [5.74, 6) is -4.21. The first-order valence-corrected chi connectivity index (χ1v) is 22.7. The van der Waals surface area contributed by atoms with Crippen LogP contribution in [0.5, 0.6) is 0 Å². The number of hydrogen-bond donors (Lipinski definition) is 5. The van der Waals surface area contributed by atoms with E-state index in [1.165, 1.54) is 12.0 Å². The first kappa shape index (κ1) is 51.1. The predicted molar refractivity (Wildman–Crippen MR) is 237 cm³/mol. The number of nitrogens with one attached hydrogen (secondary N) is 3. The summed E-state index contributed by atoms with van der Waals surface area (Å²) in [6, 6.07) is 8.36. The van der Waals surface area contributed by atoms with Gasteiger partial charge in [0.2, 0.25) is 23.6 Å². The standard InChI is InChI=1S/C46H74N6O12/c1-25(2)49-44-52(11)33-18-27(4)60-43(38(33)63-44)64-40-28(5)37(62-36-21-46(9,59-12)39(55)30(7)61-36)29(6)41(56)47-22-34(53)50-32(19-31-16-14-13-15-17-31)42(57)48-23-35(54)51(10)24-26(3)20-45(40,8)58/h13-17,25-30,32-33,36-40,43,55,58H,18-24H2,1-12H3,(H,47,56)(H,48,57)(H,50,53)/b49-44+/t26-,27-,28+,29-,30+,32-,33+,36+,37-,38-,39+,40-,43+,45-,46-/m1/s1. The van der Waals surface area contributed by atoms with Gasteiger partial charge < -0.3 is 64.4 Å². The summed E-state index contributed by atoms with van der Waals surface area (Å²) < 4.78 is 38.7. The number of amidine groups is 1. The number of fused-ring (bicyclic) bond motifs is 1. The largest absolute Gasteiger partial charge is 0.454 e. The summed E-state index contributed by atoms with van der Waals surface area (Å²) in [7, 11) is 5.05. The quantitative estimate of drug-likeness (QED) is 0.252. The van der Waals surface area contributed by atoms with Crippen molar-refractivity contribution >= 4 is 29.7 Å². The molecule has 18 nitrogen and oxygen atoms in total. The second-order valence-electron chi connectivity index (χ2n) is 19.2. The van der Waals surface area contributed by atoms with Crippen molar-refractivity contribution in [2.24, 2.45) is 22.7 Å². The smallest absolute Gasteiger partial charge is 0.288 e. The lowest BCUT2D eigenvalue weighted by Gasteiger charge is -2.48. The molecule has 0 aromatic heterocycles. The van der Waals surface area contributed by atoms with Crippen LogP contribution < -0.4 is 16.0 Å². The first-order valence-electron chi connectivity index (χ1n) is 22.7. The highest BCUT2D eigenvalue weighted by Crippen LogP contribution is 2.40. The Bertz CT molecular complexity index is 1790. The van der Waals surface area contributed by atoms with Crippen LogP contribution in [0.25, 0.3) is 0 Å². The van der Waals surface area contributed by atoms with Crippen molar-refractivity contribution in [2.45, 2.75) is 167 Å². The van der Waals surface area contributed by atoms with E-state index in [1.54, 1.807) is 34.7 Å². The van der Waals surface area contributed by atoms with Gasteiger partial charge in [0.1, 0.15) is 12.1 Å². The monoisotopic (exact) mass is 903 g/mol. The lowest BCUT2D eigenvalue weighted by atomic mass is 9.77. The van der Waals surface area contributed by atoms with Crippen molar-refractivity contribution in [1.82, 2.24) is 25.8 Å². The molecule has 1 aromatic rings. The molecular formula is C46H74N6O12. The molecule has 4 fully saturated rings. The van der Waals surface area contributed by atoms with Crippen molar-refractivity contribution in [2.75, 3.05) is 40.8 Å². The molecule has 360 valence electrons. The maximum atomic E-state index is 14.3. The Labute approximate surface area is 378 Å². The summed E-state index contributed by atoms with van der Waals surface area (Å²) in [6.45, 7) is 15.8. The van der Waals surface area contributed by atoms with Crippen LogP contribution in [0.1, 0.15) is 87.1 Å². The van der Waals surface area contributed by atoms with Crippen molar-refractivity contribution in [3.05, 3.63) is 35.9 Å². The maximum Gasteiger partial charge on any atom is 0.288 e. The third kappa shape index (κ3) is 12.5. The van der Waals surface area contributed by atoms with Gasteiger partial charge in [0.15, 0.2) is 18.7 Å². The van der Waals surface area contributed by atoms with Crippen molar-refractivity contribution in [3.63, 3.8) is 0 Å². The number of rotatable bonds is 8. The first-order chi connectivity index (χ1) is 30.0. The van der Waals surface area contributed by atoms with Gasteiger partial charge in [-0.1, -0.05) is 51.1 Å². The van der Waals surface area contributed by atoms with E-state index in [0.29, 0.717) is 12.4 Å².